The number of anilines is 1. The highest BCUT2D eigenvalue weighted by Gasteiger charge is 2.34. The van der Waals surface area contributed by atoms with Crippen molar-refractivity contribution in [1.29, 1.82) is 0 Å². The summed E-state index contributed by atoms with van der Waals surface area (Å²) in [4.78, 5) is 18.8. The lowest BCUT2D eigenvalue weighted by atomic mass is 10.2. The van der Waals surface area contributed by atoms with E-state index < -0.39 is 0 Å². The predicted molar refractivity (Wildman–Crippen MR) is 102 cm³/mol. The Morgan fingerprint density at radius 1 is 1.22 bits per heavy atom. The van der Waals surface area contributed by atoms with Crippen LogP contribution in [0.1, 0.15) is 24.8 Å². The number of likely N-dealkylation sites (tertiary alicyclic amines) is 1. The van der Waals surface area contributed by atoms with Crippen molar-refractivity contribution in [3.05, 3.63) is 64.7 Å². The van der Waals surface area contributed by atoms with Gasteiger partial charge in [0.25, 0.3) is 0 Å². The van der Waals surface area contributed by atoms with Crippen LogP contribution in [0, 0.1) is 5.82 Å². The Kier molecular flexibility index (Phi) is 4.89. The van der Waals surface area contributed by atoms with Gasteiger partial charge in [-0.3, -0.25) is 0 Å². The Hall–Kier alpha value is -2.74. The van der Waals surface area contributed by atoms with Gasteiger partial charge in [-0.25, -0.2) is 9.18 Å². The summed E-state index contributed by atoms with van der Waals surface area (Å²) in [7, 11) is 0. The zero-order valence-corrected chi connectivity index (χ0v) is 15.8. The molecular formula is C19H16BrFN4O2. The lowest BCUT2D eigenvalue weighted by molar-refractivity contribution is 0.193. The van der Waals surface area contributed by atoms with Crippen molar-refractivity contribution in [2.75, 3.05) is 11.9 Å². The number of amides is 2. The van der Waals surface area contributed by atoms with Gasteiger partial charge in [-0.05, 0) is 65.2 Å². The van der Waals surface area contributed by atoms with Crippen LogP contribution >= 0.6 is 15.9 Å². The Bertz CT molecular complexity index is 960. The summed E-state index contributed by atoms with van der Waals surface area (Å²) in [5.41, 5.74) is 1.36. The van der Waals surface area contributed by atoms with Gasteiger partial charge in [0.15, 0.2) is 0 Å². The summed E-state index contributed by atoms with van der Waals surface area (Å²) in [5, 5.41) is 6.88. The normalized spacial score (nSPS) is 16.5. The van der Waals surface area contributed by atoms with E-state index in [-0.39, 0.29) is 17.9 Å². The van der Waals surface area contributed by atoms with Crippen LogP contribution in [-0.4, -0.2) is 27.6 Å². The smallest absolute Gasteiger partial charge is 0.322 e. The van der Waals surface area contributed by atoms with Crippen LogP contribution in [0.3, 0.4) is 0 Å². The lowest BCUT2D eigenvalue weighted by Gasteiger charge is -2.22. The molecule has 4 rings (SSSR count). The zero-order chi connectivity index (χ0) is 18.8. The maximum atomic E-state index is 13.1. The number of nitrogens with one attached hydrogen (secondary N) is 1. The molecule has 3 aromatic rings. The lowest BCUT2D eigenvalue weighted by Crippen LogP contribution is -2.34. The average Bonchev–Trinajstić information content (AvgIpc) is 3.33. The standard InChI is InChI=1S/C19H16BrFN4O2/c20-14-4-1-2-5-15(14)22-19(26)25-11-3-6-16(25)18-23-17(24-27-18)12-7-9-13(21)10-8-12/h1-2,4-5,7-10,16H,3,6,11H2,(H,22,26). The maximum absolute atomic E-state index is 13.1. The van der Waals surface area contributed by atoms with Crippen molar-refractivity contribution in [3.63, 3.8) is 0 Å². The first-order valence-corrected chi connectivity index (χ1v) is 9.33. The summed E-state index contributed by atoms with van der Waals surface area (Å²) in [6.07, 6.45) is 1.59. The largest absolute Gasteiger partial charge is 0.337 e. The molecule has 0 bridgehead atoms. The Morgan fingerprint density at radius 2 is 2.00 bits per heavy atom. The summed E-state index contributed by atoms with van der Waals surface area (Å²) in [5.74, 6) is 0.436. The molecule has 0 radical (unpaired) electrons. The highest BCUT2D eigenvalue weighted by molar-refractivity contribution is 9.10. The minimum atomic E-state index is -0.326. The molecule has 1 aliphatic rings. The summed E-state index contributed by atoms with van der Waals surface area (Å²) >= 11 is 3.43. The molecule has 0 saturated carbocycles. The number of hydrogen-bond acceptors (Lipinski definition) is 4. The van der Waals surface area contributed by atoms with Gasteiger partial charge >= 0.3 is 6.03 Å². The second-order valence-corrected chi connectivity index (χ2v) is 7.08. The van der Waals surface area contributed by atoms with Crippen LogP contribution in [0.25, 0.3) is 11.4 Å². The molecule has 1 saturated heterocycles. The molecule has 2 amide bonds. The molecule has 27 heavy (non-hydrogen) atoms. The first kappa shape index (κ1) is 17.7. The molecule has 6 nitrogen and oxygen atoms in total. The highest BCUT2D eigenvalue weighted by Crippen LogP contribution is 2.33. The zero-order valence-electron chi connectivity index (χ0n) is 14.2. The molecule has 1 aromatic heterocycles. The fourth-order valence-electron chi connectivity index (χ4n) is 3.10. The van der Waals surface area contributed by atoms with Gasteiger partial charge in [0.1, 0.15) is 11.9 Å². The monoisotopic (exact) mass is 430 g/mol. The Labute approximate surface area is 163 Å². The number of aromatic nitrogens is 2. The summed E-state index contributed by atoms with van der Waals surface area (Å²) < 4.78 is 19.3. The predicted octanol–water partition coefficient (Wildman–Crippen LogP) is 5.01. The number of carbonyl (C=O) groups excluding carboxylic acids is 1. The van der Waals surface area contributed by atoms with Crippen LogP contribution in [0.2, 0.25) is 0 Å². The molecule has 1 unspecified atom stereocenters. The molecular weight excluding hydrogens is 415 g/mol. The topological polar surface area (TPSA) is 71.3 Å². The third kappa shape index (κ3) is 3.71. The summed E-state index contributed by atoms with van der Waals surface area (Å²) in [6.45, 7) is 0.606. The van der Waals surface area contributed by atoms with Crippen LogP contribution in [-0.2, 0) is 0 Å². The molecule has 1 fully saturated rings. The number of nitrogens with zero attached hydrogens (tertiary/aromatic N) is 3. The molecule has 0 spiro atoms. The number of halogens is 2. The van der Waals surface area contributed by atoms with Crippen molar-refractivity contribution in [1.82, 2.24) is 15.0 Å². The van der Waals surface area contributed by atoms with Gasteiger partial charge in [-0.1, -0.05) is 17.3 Å². The summed E-state index contributed by atoms with van der Waals surface area (Å²) in [6, 6.07) is 12.8. The van der Waals surface area contributed by atoms with E-state index in [1.165, 1.54) is 12.1 Å². The highest BCUT2D eigenvalue weighted by atomic mass is 79.9. The van der Waals surface area contributed by atoms with Crippen molar-refractivity contribution >= 4 is 27.6 Å². The van der Waals surface area contributed by atoms with Gasteiger partial charge in [0, 0.05) is 16.6 Å². The number of carbonyl (C=O) groups is 1. The number of benzene rings is 2. The van der Waals surface area contributed by atoms with Crippen molar-refractivity contribution < 1.29 is 13.7 Å². The van der Waals surface area contributed by atoms with E-state index in [2.05, 4.69) is 31.4 Å². The van der Waals surface area contributed by atoms with Gasteiger partial charge in [0.05, 0.1) is 5.69 Å². The van der Waals surface area contributed by atoms with Crippen LogP contribution in [0.15, 0.2) is 57.5 Å². The van der Waals surface area contributed by atoms with E-state index in [1.54, 1.807) is 17.0 Å². The molecule has 138 valence electrons. The second-order valence-electron chi connectivity index (χ2n) is 6.22. The molecule has 1 N–H and O–H groups in total. The second kappa shape index (κ2) is 7.48. The van der Waals surface area contributed by atoms with E-state index in [1.807, 2.05) is 24.3 Å². The number of rotatable bonds is 3. The molecule has 2 aromatic carbocycles. The van der Waals surface area contributed by atoms with Gasteiger partial charge in [0.2, 0.25) is 11.7 Å². The van der Waals surface area contributed by atoms with Gasteiger partial charge < -0.3 is 14.7 Å². The number of para-hydroxylation sites is 1. The van der Waals surface area contributed by atoms with Crippen LogP contribution in [0.5, 0.6) is 0 Å². The van der Waals surface area contributed by atoms with E-state index in [9.17, 15) is 9.18 Å². The van der Waals surface area contributed by atoms with Gasteiger partial charge in [-0.15, -0.1) is 0 Å². The van der Waals surface area contributed by atoms with E-state index in [4.69, 9.17) is 4.52 Å². The molecule has 0 aliphatic carbocycles. The minimum absolute atomic E-state index is 0.217. The van der Waals surface area contributed by atoms with Crippen LogP contribution in [0.4, 0.5) is 14.9 Å². The fourth-order valence-corrected chi connectivity index (χ4v) is 3.49. The van der Waals surface area contributed by atoms with E-state index in [0.29, 0.717) is 29.5 Å². The average molecular weight is 431 g/mol. The van der Waals surface area contributed by atoms with Crippen molar-refractivity contribution in [2.24, 2.45) is 0 Å². The molecule has 2 heterocycles. The third-order valence-electron chi connectivity index (χ3n) is 4.46. The fraction of sp³-hybridized carbons (Fsp3) is 0.211. The van der Waals surface area contributed by atoms with E-state index in [0.717, 1.165) is 17.3 Å². The molecule has 1 aliphatic heterocycles. The van der Waals surface area contributed by atoms with Crippen molar-refractivity contribution in [3.8, 4) is 11.4 Å². The molecule has 8 heteroatoms. The SMILES string of the molecule is O=C(Nc1ccccc1Br)N1CCCC1c1nc(-c2ccc(F)cc2)no1. The number of hydrogen-bond donors (Lipinski definition) is 1. The number of urea groups is 1. The minimum Gasteiger partial charge on any atom is -0.337 e. The van der Waals surface area contributed by atoms with Crippen LogP contribution < -0.4 is 5.32 Å². The van der Waals surface area contributed by atoms with Gasteiger partial charge in [-0.2, -0.15) is 4.98 Å². The Morgan fingerprint density at radius 3 is 2.78 bits per heavy atom. The first-order chi connectivity index (χ1) is 13.1. The quantitative estimate of drug-likeness (QED) is 0.633. The maximum Gasteiger partial charge on any atom is 0.322 e. The third-order valence-corrected chi connectivity index (χ3v) is 5.15. The van der Waals surface area contributed by atoms with Crippen molar-refractivity contribution in [2.45, 2.75) is 18.9 Å². The Balaban J connectivity index is 1.52. The molecule has 1 atom stereocenters. The van der Waals surface area contributed by atoms with E-state index >= 15 is 0 Å². The first-order valence-electron chi connectivity index (χ1n) is 8.53.